The first-order chi connectivity index (χ1) is 8.40. The molecule has 2 aromatic rings. The van der Waals surface area contributed by atoms with Crippen molar-refractivity contribution in [2.45, 2.75) is 18.8 Å². The first kappa shape index (κ1) is 10.7. The van der Waals surface area contributed by atoms with Gasteiger partial charge in [-0.3, -0.25) is 0 Å². The number of fused-ring (bicyclic) bond motifs is 1. The summed E-state index contributed by atoms with van der Waals surface area (Å²) in [6.45, 7) is 2.25. The number of hydrogen-bond acceptors (Lipinski definition) is 2. The lowest BCUT2D eigenvalue weighted by Gasteiger charge is -2.22. The maximum absolute atomic E-state index is 5.38. The van der Waals surface area contributed by atoms with Gasteiger partial charge in [0.1, 0.15) is 5.75 Å². The first-order valence-electron chi connectivity index (χ1n) is 6.25. The number of piperidine rings is 1. The van der Waals surface area contributed by atoms with Crippen LogP contribution in [0.4, 0.5) is 0 Å². The predicted molar refractivity (Wildman–Crippen MR) is 69.7 cm³/mol. The number of H-pyrrole nitrogens is 1. The Morgan fingerprint density at radius 3 is 2.82 bits per heavy atom. The summed E-state index contributed by atoms with van der Waals surface area (Å²) < 4.78 is 5.38. The molecule has 1 aromatic heterocycles. The van der Waals surface area contributed by atoms with Crippen LogP contribution in [-0.4, -0.2) is 25.2 Å². The fraction of sp³-hybridized carbons (Fsp3) is 0.429. The Kier molecular flexibility index (Phi) is 2.77. The summed E-state index contributed by atoms with van der Waals surface area (Å²) in [7, 11) is 1.72. The highest BCUT2D eigenvalue weighted by molar-refractivity contribution is 5.88. The van der Waals surface area contributed by atoms with Crippen molar-refractivity contribution in [3.8, 4) is 5.75 Å². The monoisotopic (exact) mass is 230 g/mol. The van der Waals surface area contributed by atoms with Crippen LogP contribution in [0.2, 0.25) is 0 Å². The minimum absolute atomic E-state index is 0.678. The van der Waals surface area contributed by atoms with E-state index in [4.69, 9.17) is 4.74 Å². The lowest BCUT2D eigenvalue weighted by Crippen LogP contribution is -2.26. The minimum Gasteiger partial charge on any atom is -0.495 e. The van der Waals surface area contributed by atoms with Crippen LogP contribution in [0.5, 0.6) is 5.75 Å². The SMILES string of the molecule is COc1cccc2c(C3CCNCC3)c[nH]c12. The van der Waals surface area contributed by atoms with Gasteiger partial charge < -0.3 is 15.0 Å². The second-order valence-electron chi connectivity index (χ2n) is 4.65. The summed E-state index contributed by atoms with van der Waals surface area (Å²) >= 11 is 0. The van der Waals surface area contributed by atoms with Gasteiger partial charge in [-0.05, 0) is 43.5 Å². The van der Waals surface area contributed by atoms with Crippen LogP contribution in [0.15, 0.2) is 24.4 Å². The second kappa shape index (κ2) is 4.41. The maximum atomic E-state index is 5.38. The van der Waals surface area contributed by atoms with Crippen molar-refractivity contribution in [2.75, 3.05) is 20.2 Å². The van der Waals surface area contributed by atoms with Gasteiger partial charge in [-0.1, -0.05) is 12.1 Å². The van der Waals surface area contributed by atoms with Crippen LogP contribution in [0.1, 0.15) is 24.3 Å². The summed E-state index contributed by atoms with van der Waals surface area (Å²) in [4.78, 5) is 3.36. The van der Waals surface area contributed by atoms with Crippen LogP contribution in [0.25, 0.3) is 10.9 Å². The van der Waals surface area contributed by atoms with E-state index in [9.17, 15) is 0 Å². The van der Waals surface area contributed by atoms with Crippen molar-refractivity contribution in [3.05, 3.63) is 30.0 Å². The number of ether oxygens (including phenoxy) is 1. The molecule has 2 heterocycles. The van der Waals surface area contributed by atoms with E-state index in [1.807, 2.05) is 6.07 Å². The van der Waals surface area contributed by atoms with Crippen LogP contribution in [0, 0.1) is 0 Å². The van der Waals surface area contributed by atoms with Crippen LogP contribution in [-0.2, 0) is 0 Å². The molecule has 2 N–H and O–H groups in total. The van der Waals surface area contributed by atoms with E-state index in [0.717, 1.165) is 24.4 Å². The van der Waals surface area contributed by atoms with Gasteiger partial charge in [-0.25, -0.2) is 0 Å². The zero-order chi connectivity index (χ0) is 11.7. The first-order valence-corrected chi connectivity index (χ1v) is 6.25. The number of nitrogens with one attached hydrogen (secondary N) is 2. The molecule has 0 unspecified atom stereocenters. The molecule has 3 rings (SSSR count). The Hall–Kier alpha value is -1.48. The number of methoxy groups -OCH3 is 1. The maximum Gasteiger partial charge on any atom is 0.142 e. The summed E-state index contributed by atoms with van der Waals surface area (Å²) in [5.41, 5.74) is 2.57. The number of hydrogen-bond donors (Lipinski definition) is 2. The topological polar surface area (TPSA) is 37.0 Å². The standard InChI is InChI=1S/C14H18N2O/c1-17-13-4-2-3-11-12(9-16-14(11)13)10-5-7-15-8-6-10/h2-4,9-10,15-16H,5-8H2,1H3. The van der Waals surface area contributed by atoms with E-state index < -0.39 is 0 Å². The zero-order valence-electron chi connectivity index (χ0n) is 10.1. The Balaban J connectivity index is 2.05. The fourth-order valence-electron chi connectivity index (χ4n) is 2.79. The molecule has 3 nitrogen and oxygen atoms in total. The molecule has 0 amide bonds. The zero-order valence-corrected chi connectivity index (χ0v) is 10.1. The van der Waals surface area contributed by atoms with E-state index in [-0.39, 0.29) is 0 Å². The van der Waals surface area contributed by atoms with E-state index in [1.54, 1.807) is 7.11 Å². The van der Waals surface area contributed by atoms with Gasteiger partial charge in [-0.15, -0.1) is 0 Å². The third-order valence-corrected chi connectivity index (χ3v) is 3.71. The van der Waals surface area contributed by atoms with Crippen LogP contribution in [0.3, 0.4) is 0 Å². The van der Waals surface area contributed by atoms with Crippen LogP contribution < -0.4 is 10.1 Å². The largest absolute Gasteiger partial charge is 0.495 e. The molecule has 0 aliphatic carbocycles. The molecular formula is C14H18N2O. The molecule has 17 heavy (non-hydrogen) atoms. The quantitative estimate of drug-likeness (QED) is 0.832. The van der Waals surface area contributed by atoms with E-state index in [0.29, 0.717) is 5.92 Å². The molecule has 0 atom stereocenters. The highest BCUT2D eigenvalue weighted by Gasteiger charge is 2.19. The minimum atomic E-state index is 0.678. The third kappa shape index (κ3) is 1.80. The van der Waals surface area contributed by atoms with Gasteiger partial charge in [0.15, 0.2) is 0 Å². The van der Waals surface area contributed by atoms with Gasteiger partial charge in [0.05, 0.1) is 12.6 Å². The molecule has 90 valence electrons. The Labute approximate surface area is 101 Å². The van der Waals surface area contributed by atoms with Gasteiger partial charge in [-0.2, -0.15) is 0 Å². The summed E-state index contributed by atoms with van der Waals surface area (Å²) in [5, 5.41) is 4.73. The number of para-hydroxylation sites is 1. The molecular weight excluding hydrogens is 212 g/mol. The van der Waals surface area contributed by atoms with Gasteiger partial charge in [0, 0.05) is 11.6 Å². The molecule has 1 aliphatic rings. The highest BCUT2D eigenvalue weighted by atomic mass is 16.5. The lowest BCUT2D eigenvalue weighted by molar-refractivity contribution is 0.419. The molecule has 0 saturated carbocycles. The highest BCUT2D eigenvalue weighted by Crippen LogP contribution is 2.34. The summed E-state index contributed by atoms with van der Waals surface area (Å²) in [6, 6.07) is 6.26. The second-order valence-corrected chi connectivity index (χ2v) is 4.65. The van der Waals surface area contributed by atoms with Gasteiger partial charge in [0.25, 0.3) is 0 Å². The van der Waals surface area contributed by atoms with E-state index in [1.165, 1.54) is 23.8 Å². The Morgan fingerprint density at radius 1 is 1.24 bits per heavy atom. The summed E-state index contributed by atoms with van der Waals surface area (Å²) in [5.74, 6) is 1.61. The number of aromatic amines is 1. The van der Waals surface area contributed by atoms with Crippen molar-refractivity contribution in [1.82, 2.24) is 10.3 Å². The number of rotatable bonds is 2. The smallest absolute Gasteiger partial charge is 0.142 e. The molecule has 0 spiro atoms. The molecule has 1 saturated heterocycles. The molecule has 1 aromatic carbocycles. The number of benzene rings is 1. The van der Waals surface area contributed by atoms with E-state index in [2.05, 4.69) is 28.6 Å². The molecule has 3 heteroatoms. The normalized spacial score (nSPS) is 17.5. The van der Waals surface area contributed by atoms with E-state index >= 15 is 0 Å². The average Bonchev–Trinajstić information content (AvgIpc) is 2.83. The van der Waals surface area contributed by atoms with Crippen molar-refractivity contribution in [1.29, 1.82) is 0 Å². The average molecular weight is 230 g/mol. The number of aromatic nitrogens is 1. The fourth-order valence-corrected chi connectivity index (χ4v) is 2.79. The van der Waals surface area contributed by atoms with Crippen molar-refractivity contribution < 1.29 is 4.74 Å². The summed E-state index contributed by atoms with van der Waals surface area (Å²) in [6.07, 6.45) is 4.61. The third-order valence-electron chi connectivity index (χ3n) is 3.71. The van der Waals surface area contributed by atoms with Crippen molar-refractivity contribution in [2.24, 2.45) is 0 Å². The lowest BCUT2D eigenvalue weighted by atomic mass is 9.90. The van der Waals surface area contributed by atoms with Crippen molar-refractivity contribution >= 4 is 10.9 Å². The Bertz CT molecular complexity index is 512. The Morgan fingerprint density at radius 2 is 2.06 bits per heavy atom. The molecule has 1 fully saturated rings. The van der Waals surface area contributed by atoms with Crippen LogP contribution >= 0.6 is 0 Å². The van der Waals surface area contributed by atoms with Crippen molar-refractivity contribution in [3.63, 3.8) is 0 Å². The molecule has 1 aliphatic heterocycles. The molecule has 0 radical (unpaired) electrons. The van der Waals surface area contributed by atoms with Gasteiger partial charge >= 0.3 is 0 Å². The van der Waals surface area contributed by atoms with Gasteiger partial charge in [0.2, 0.25) is 0 Å². The molecule has 0 bridgehead atoms. The predicted octanol–water partition coefficient (Wildman–Crippen LogP) is 2.64.